The zero-order valence-corrected chi connectivity index (χ0v) is 7.09. The van der Waals surface area contributed by atoms with Crippen LogP contribution in [0.2, 0.25) is 0 Å². The van der Waals surface area contributed by atoms with Crippen LogP contribution in [0.1, 0.15) is 6.42 Å². The maximum Gasteiger partial charge on any atom is 0.335 e. The van der Waals surface area contributed by atoms with E-state index in [1.807, 2.05) is 0 Å². The molecule has 0 aromatic rings. The Balaban J connectivity index is 2.91. The topological polar surface area (TPSA) is 54.4 Å². The zero-order valence-electron chi connectivity index (χ0n) is 5.50. The highest BCUT2D eigenvalue weighted by Crippen LogP contribution is 2.18. The van der Waals surface area contributed by atoms with Crippen molar-refractivity contribution in [1.82, 2.24) is 0 Å². The Kier molecular flexibility index (Phi) is 2.24. The molecule has 3 nitrogen and oxygen atoms in total. The summed E-state index contributed by atoms with van der Waals surface area (Å²) in [6.45, 7) is 0. The number of halogens is 1. The van der Waals surface area contributed by atoms with E-state index in [4.69, 9.17) is 5.11 Å². The third kappa shape index (κ3) is 1.77. The van der Waals surface area contributed by atoms with Gasteiger partial charge in [-0.25, -0.2) is 4.79 Å². The lowest BCUT2D eigenvalue weighted by Crippen LogP contribution is -2.07. The molecule has 0 aromatic heterocycles. The molecule has 0 bridgehead atoms. The molecule has 11 heavy (non-hydrogen) atoms. The van der Waals surface area contributed by atoms with Crippen molar-refractivity contribution in [3.63, 3.8) is 0 Å². The van der Waals surface area contributed by atoms with Gasteiger partial charge in [-0.1, -0.05) is 6.08 Å². The van der Waals surface area contributed by atoms with Crippen molar-refractivity contribution in [2.75, 3.05) is 0 Å². The monoisotopic (exact) mass is 216 g/mol. The molecule has 0 fully saturated rings. The molecule has 58 valence electrons. The van der Waals surface area contributed by atoms with Gasteiger partial charge in [0.05, 0.1) is 10.1 Å². The molecule has 1 aliphatic rings. The lowest BCUT2D eigenvalue weighted by atomic mass is 10.1. The number of Topliss-reactive ketones (excluding diaryl/α,β-unsaturated/α-hetero) is 1. The van der Waals surface area contributed by atoms with E-state index in [1.54, 1.807) is 0 Å². The molecule has 0 saturated heterocycles. The van der Waals surface area contributed by atoms with Crippen LogP contribution in [-0.2, 0) is 9.59 Å². The van der Waals surface area contributed by atoms with Gasteiger partial charge in [-0.3, -0.25) is 4.79 Å². The Morgan fingerprint density at radius 2 is 2.27 bits per heavy atom. The quantitative estimate of drug-likeness (QED) is 0.718. The van der Waals surface area contributed by atoms with Gasteiger partial charge in [0.2, 0.25) is 0 Å². The predicted octanol–water partition coefficient (Wildman–Crippen LogP) is 1.25. The van der Waals surface area contributed by atoms with Crippen LogP contribution >= 0.6 is 15.9 Å². The molecule has 0 radical (unpaired) electrons. The summed E-state index contributed by atoms with van der Waals surface area (Å²) < 4.78 is 0.331. The summed E-state index contributed by atoms with van der Waals surface area (Å²) in [6.07, 6.45) is 2.88. The summed E-state index contributed by atoms with van der Waals surface area (Å²) in [5.41, 5.74) is 0.163. The predicted molar refractivity (Wildman–Crippen MR) is 42.4 cm³/mol. The maximum absolute atomic E-state index is 10.8. The van der Waals surface area contributed by atoms with Crippen LogP contribution in [0.25, 0.3) is 0 Å². The summed E-state index contributed by atoms with van der Waals surface area (Å²) in [6, 6.07) is 0. The standard InChI is InChI=1S/C7H5BrO3/c8-5-3-4(7(10)11)1-2-6(5)9/h1,3H,2H2,(H,10,11). The number of ketones is 1. The van der Waals surface area contributed by atoms with Crippen LogP contribution in [0.5, 0.6) is 0 Å². The van der Waals surface area contributed by atoms with Gasteiger partial charge in [0, 0.05) is 6.42 Å². The fourth-order valence-corrected chi connectivity index (χ4v) is 1.13. The van der Waals surface area contributed by atoms with Crippen molar-refractivity contribution >= 4 is 27.7 Å². The zero-order chi connectivity index (χ0) is 8.43. The average Bonchev–Trinajstić information content (AvgIpc) is 1.94. The number of allylic oxidation sites excluding steroid dienone is 2. The molecular weight excluding hydrogens is 212 g/mol. The van der Waals surface area contributed by atoms with Crippen molar-refractivity contribution in [3.8, 4) is 0 Å². The van der Waals surface area contributed by atoms with Gasteiger partial charge in [0.15, 0.2) is 5.78 Å². The molecule has 0 atom stereocenters. The molecule has 0 aromatic carbocycles. The Morgan fingerprint density at radius 3 is 2.73 bits per heavy atom. The van der Waals surface area contributed by atoms with Crippen LogP contribution in [-0.4, -0.2) is 16.9 Å². The van der Waals surface area contributed by atoms with Crippen LogP contribution in [0.3, 0.4) is 0 Å². The van der Waals surface area contributed by atoms with E-state index in [0.29, 0.717) is 4.48 Å². The largest absolute Gasteiger partial charge is 0.478 e. The van der Waals surface area contributed by atoms with Gasteiger partial charge in [-0.2, -0.15) is 0 Å². The highest BCUT2D eigenvalue weighted by atomic mass is 79.9. The SMILES string of the molecule is O=C(O)C1=CCC(=O)C(Br)=C1. The molecule has 0 aliphatic heterocycles. The Labute approximate surface area is 71.5 Å². The number of hydrogen-bond donors (Lipinski definition) is 1. The second kappa shape index (κ2) is 3.00. The lowest BCUT2D eigenvalue weighted by molar-refractivity contribution is -0.132. The van der Waals surface area contributed by atoms with E-state index in [0.717, 1.165) is 0 Å². The van der Waals surface area contributed by atoms with Crippen LogP contribution in [0, 0.1) is 0 Å². The molecule has 1 aliphatic carbocycles. The highest BCUT2D eigenvalue weighted by molar-refractivity contribution is 9.12. The van der Waals surface area contributed by atoms with Crippen LogP contribution in [0.15, 0.2) is 22.2 Å². The highest BCUT2D eigenvalue weighted by Gasteiger charge is 2.14. The first-order valence-electron chi connectivity index (χ1n) is 2.95. The minimum atomic E-state index is -1.01. The number of hydrogen-bond acceptors (Lipinski definition) is 2. The molecule has 0 saturated carbocycles. The molecule has 0 heterocycles. The number of carboxylic acids is 1. The maximum atomic E-state index is 10.8. The van der Waals surface area contributed by atoms with E-state index in [9.17, 15) is 9.59 Å². The number of carboxylic acid groups (broad SMARTS) is 1. The first kappa shape index (κ1) is 8.20. The number of aliphatic carboxylic acids is 1. The van der Waals surface area contributed by atoms with Gasteiger partial charge >= 0.3 is 5.97 Å². The van der Waals surface area contributed by atoms with E-state index < -0.39 is 5.97 Å². The Bertz CT molecular complexity index is 275. The Morgan fingerprint density at radius 1 is 1.64 bits per heavy atom. The van der Waals surface area contributed by atoms with Gasteiger partial charge in [-0.15, -0.1) is 0 Å². The van der Waals surface area contributed by atoms with E-state index in [1.165, 1.54) is 12.2 Å². The van der Waals surface area contributed by atoms with Crippen molar-refractivity contribution in [1.29, 1.82) is 0 Å². The molecule has 1 rings (SSSR count). The number of carbonyl (C=O) groups is 2. The molecular formula is C7H5BrO3. The number of carbonyl (C=O) groups excluding carboxylic acids is 1. The first-order chi connectivity index (χ1) is 5.11. The minimum absolute atomic E-state index is 0.0880. The average molecular weight is 217 g/mol. The van der Waals surface area contributed by atoms with E-state index in [-0.39, 0.29) is 17.8 Å². The summed E-state index contributed by atoms with van der Waals surface area (Å²) in [5.74, 6) is -1.09. The van der Waals surface area contributed by atoms with Gasteiger partial charge in [-0.05, 0) is 22.0 Å². The fraction of sp³-hybridized carbons (Fsp3) is 0.143. The second-order valence-electron chi connectivity index (χ2n) is 2.08. The summed E-state index contributed by atoms with van der Waals surface area (Å²) in [4.78, 5) is 21.2. The van der Waals surface area contributed by atoms with Crippen molar-refractivity contribution in [2.45, 2.75) is 6.42 Å². The van der Waals surface area contributed by atoms with Crippen molar-refractivity contribution in [2.24, 2.45) is 0 Å². The molecule has 0 amide bonds. The van der Waals surface area contributed by atoms with Gasteiger partial charge in [0.1, 0.15) is 0 Å². The lowest BCUT2D eigenvalue weighted by Gasteiger charge is -2.03. The summed E-state index contributed by atoms with van der Waals surface area (Å²) in [5, 5.41) is 8.50. The third-order valence-electron chi connectivity index (χ3n) is 1.30. The second-order valence-corrected chi connectivity index (χ2v) is 2.94. The molecule has 1 N–H and O–H groups in total. The molecule has 0 spiro atoms. The van der Waals surface area contributed by atoms with Gasteiger partial charge < -0.3 is 5.11 Å². The Hall–Kier alpha value is -0.900. The van der Waals surface area contributed by atoms with Crippen LogP contribution in [0.4, 0.5) is 0 Å². The smallest absolute Gasteiger partial charge is 0.335 e. The fourth-order valence-electron chi connectivity index (χ4n) is 0.725. The van der Waals surface area contributed by atoms with Crippen LogP contribution < -0.4 is 0 Å². The summed E-state index contributed by atoms with van der Waals surface area (Å²) >= 11 is 2.97. The summed E-state index contributed by atoms with van der Waals surface area (Å²) in [7, 11) is 0. The minimum Gasteiger partial charge on any atom is -0.478 e. The molecule has 0 unspecified atom stereocenters. The van der Waals surface area contributed by atoms with Gasteiger partial charge in [0.25, 0.3) is 0 Å². The normalized spacial score (nSPS) is 17.4. The van der Waals surface area contributed by atoms with E-state index >= 15 is 0 Å². The van der Waals surface area contributed by atoms with Crippen molar-refractivity contribution < 1.29 is 14.7 Å². The van der Waals surface area contributed by atoms with Crippen molar-refractivity contribution in [3.05, 3.63) is 22.2 Å². The number of rotatable bonds is 1. The van der Waals surface area contributed by atoms with E-state index in [2.05, 4.69) is 15.9 Å². The first-order valence-corrected chi connectivity index (χ1v) is 3.74. The third-order valence-corrected chi connectivity index (χ3v) is 1.97. The molecule has 4 heteroatoms.